The molecule has 1 aromatic heterocycles. The van der Waals surface area contributed by atoms with Gasteiger partial charge < -0.3 is 19.3 Å². The molecule has 2 atom stereocenters. The van der Waals surface area contributed by atoms with Crippen LogP contribution in [0.15, 0.2) is 49.1 Å². The average Bonchev–Trinajstić information content (AvgIpc) is 3.19. The molecular weight excluding hydrogens is 444 g/mol. The predicted molar refractivity (Wildman–Crippen MR) is 148 cm³/mol. The number of hydrogen-bond acceptors (Lipinski definition) is 5. The van der Waals surface area contributed by atoms with E-state index >= 15 is 0 Å². The van der Waals surface area contributed by atoms with Crippen molar-refractivity contribution in [3.05, 3.63) is 54.6 Å². The van der Waals surface area contributed by atoms with E-state index in [0.717, 1.165) is 12.6 Å². The second kappa shape index (κ2) is 13.7. The van der Waals surface area contributed by atoms with Crippen molar-refractivity contribution >= 4 is 0 Å². The zero-order valence-corrected chi connectivity index (χ0v) is 22.4. The fourth-order valence-electron chi connectivity index (χ4n) is 6.74. The lowest BCUT2D eigenvalue weighted by Crippen LogP contribution is -2.42. The van der Waals surface area contributed by atoms with Crippen LogP contribution in [0.2, 0.25) is 0 Å². The molecule has 0 saturated carbocycles. The number of aromatic nitrogens is 2. The van der Waals surface area contributed by atoms with Crippen molar-refractivity contribution in [2.45, 2.75) is 70.0 Å². The van der Waals surface area contributed by atoms with Crippen LogP contribution in [-0.2, 0) is 6.54 Å². The van der Waals surface area contributed by atoms with E-state index < -0.39 is 0 Å². The first kappa shape index (κ1) is 25.9. The van der Waals surface area contributed by atoms with Crippen LogP contribution in [0, 0.1) is 0 Å². The third-order valence-electron chi connectivity index (χ3n) is 8.83. The Morgan fingerprint density at radius 3 is 2.44 bits per heavy atom. The molecule has 2 aromatic rings. The molecule has 3 saturated heterocycles. The minimum atomic E-state index is 0.503. The van der Waals surface area contributed by atoms with Gasteiger partial charge in [-0.05, 0) is 89.8 Å². The normalized spacial score (nSPS) is 24.8. The van der Waals surface area contributed by atoms with E-state index in [9.17, 15) is 0 Å². The smallest absolute Gasteiger partial charge is 0.0945 e. The number of nitrogens with zero attached hydrogens (tertiary/aromatic N) is 6. The summed E-state index contributed by atoms with van der Waals surface area (Å²) < 4.78 is 2.20. The van der Waals surface area contributed by atoms with Crippen molar-refractivity contribution in [2.75, 3.05) is 65.4 Å². The van der Waals surface area contributed by atoms with Crippen molar-refractivity contribution in [1.29, 1.82) is 0 Å². The van der Waals surface area contributed by atoms with Crippen LogP contribution in [0.3, 0.4) is 0 Å². The zero-order valence-electron chi connectivity index (χ0n) is 22.4. The topological polar surface area (TPSA) is 30.8 Å². The molecule has 1 aromatic carbocycles. The maximum atomic E-state index is 4.18. The van der Waals surface area contributed by atoms with E-state index in [4.69, 9.17) is 0 Å². The summed E-state index contributed by atoms with van der Waals surface area (Å²) in [6, 6.07) is 12.7. The number of aryl methyl sites for hydroxylation is 1. The maximum absolute atomic E-state index is 4.18. The third kappa shape index (κ3) is 7.41. The van der Waals surface area contributed by atoms with Crippen LogP contribution in [0.5, 0.6) is 0 Å². The molecule has 0 amide bonds. The van der Waals surface area contributed by atoms with Crippen LogP contribution < -0.4 is 0 Å². The highest BCUT2D eigenvalue weighted by Crippen LogP contribution is 2.26. The largest absolute Gasteiger partial charge is 0.337 e. The van der Waals surface area contributed by atoms with Crippen molar-refractivity contribution in [3.8, 4) is 0 Å². The Labute approximate surface area is 219 Å². The van der Waals surface area contributed by atoms with E-state index in [1.165, 1.54) is 122 Å². The quantitative estimate of drug-likeness (QED) is 0.519. The van der Waals surface area contributed by atoms with Gasteiger partial charge in [-0.15, -0.1) is 0 Å². The highest BCUT2D eigenvalue weighted by molar-refractivity contribution is 5.19. The van der Waals surface area contributed by atoms with E-state index in [1.807, 2.05) is 12.5 Å². The molecule has 3 aliphatic rings. The lowest BCUT2D eigenvalue weighted by molar-refractivity contribution is 0.131. The number of rotatable bonds is 9. The molecule has 6 heteroatoms. The molecule has 0 bridgehead atoms. The van der Waals surface area contributed by atoms with Crippen molar-refractivity contribution < 1.29 is 0 Å². The summed E-state index contributed by atoms with van der Waals surface area (Å²) in [5, 5.41) is 0. The van der Waals surface area contributed by atoms with Gasteiger partial charge in [-0.3, -0.25) is 4.90 Å². The Morgan fingerprint density at radius 1 is 0.750 bits per heavy atom. The monoisotopic (exact) mass is 492 g/mol. The van der Waals surface area contributed by atoms with Gasteiger partial charge in [-0.1, -0.05) is 36.8 Å². The lowest BCUT2D eigenvalue weighted by Gasteiger charge is -2.36. The number of likely N-dealkylation sites (tertiary alicyclic amines) is 2. The molecule has 0 aliphatic carbocycles. The highest BCUT2D eigenvalue weighted by Gasteiger charge is 2.28. The zero-order chi connectivity index (χ0) is 24.4. The molecule has 36 heavy (non-hydrogen) atoms. The summed E-state index contributed by atoms with van der Waals surface area (Å²) in [5.41, 5.74) is 1.50. The van der Waals surface area contributed by atoms with Crippen LogP contribution in [0.4, 0.5) is 0 Å². The summed E-state index contributed by atoms with van der Waals surface area (Å²) in [7, 11) is 0. The van der Waals surface area contributed by atoms with Gasteiger partial charge >= 0.3 is 0 Å². The van der Waals surface area contributed by atoms with Crippen molar-refractivity contribution in [2.24, 2.45) is 0 Å². The lowest BCUT2D eigenvalue weighted by atomic mass is 10.0. The Hall–Kier alpha value is -1.73. The minimum absolute atomic E-state index is 0.503. The second-order valence-corrected chi connectivity index (χ2v) is 11.3. The van der Waals surface area contributed by atoms with Gasteiger partial charge in [-0.25, -0.2) is 4.98 Å². The standard InChI is InChI=1S/C30H48N6/c1-3-10-28(11-4-1)30(26-33-15-7-12-29(13-22-33)35-19-5-2-6-20-35)36-21-9-17-32(24-25-36)16-8-18-34-23-14-31-27-34/h1,3-4,10-11,14,23,27,29-30H,2,5-9,12-13,15-22,24-26H2. The molecule has 6 nitrogen and oxygen atoms in total. The molecule has 4 heterocycles. The molecule has 2 unspecified atom stereocenters. The fourth-order valence-corrected chi connectivity index (χ4v) is 6.74. The SMILES string of the molecule is c1ccc(C(CN2CCCC(N3CCCCC3)CC2)N2CCCN(CCCn3ccnc3)CC2)cc1. The minimum Gasteiger partial charge on any atom is -0.337 e. The Kier molecular flexibility index (Phi) is 9.86. The molecule has 0 radical (unpaired) electrons. The Morgan fingerprint density at radius 2 is 1.61 bits per heavy atom. The average molecular weight is 493 g/mol. The van der Waals surface area contributed by atoms with E-state index in [-0.39, 0.29) is 0 Å². The van der Waals surface area contributed by atoms with Gasteiger partial charge in [0, 0.05) is 57.2 Å². The van der Waals surface area contributed by atoms with Crippen molar-refractivity contribution in [1.82, 2.24) is 29.2 Å². The first-order chi connectivity index (χ1) is 17.8. The third-order valence-corrected chi connectivity index (χ3v) is 8.83. The predicted octanol–water partition coefficient (Wildman–Crippen LogP) is 4.36. The van der Waals surface area contributed by atoms with E-state index in [0.29, 0.717) is 6.04 Å². The second-order valence-electron chi connectivity index (χ2n) is 11.3. The van der Waals surface area contributed by atoms with Gasteiger partial charge in [0.05, 0.1) is 6.33 Å². The Bertz CT molecular complexity index is 850. The van der Waals surface area contributed by atoms with Crippen molar-refractivity contribution in [3.63, 3.8) is 0 Å². The molecule has 198 valence electrons. The first-order valence-electron chi connectivity index (χ1n) is 14.8. The van der Waals surface area contributed by atoms with Gasteiger partial charge in [0.25, 0.3) is 0 Å². The number of imidazole rings is 1. The molecule has 5 rings (SSSR count). The molecule has 0 N–H and O–H groups in total. The Balaban J connectivity index is 1.16. The van der Waals surface area contributed by atoms with Gasteiger partial charge in [0.1, 0.15) is 0 Å². The van der Waals surface area contributed by atoms with Gasteiger partial charge in [0.2, 0.25) is 0 Å². The van der Waals surface area contributed by atoms with E-state index in [2.05, 4.69) is 65.7 Å². The van der Waals surface area contributed by atoms with Gasteiger partial charge in [-0.2, -0.15) is 0 Å². The summed E-state index contributed by atoms with van der Waals surface area (Å²) in [5.74, 6) is 0. The maximum Gasteiger partial charge on any atom is 0.0945 e. The number of benzene rings is 1. The van der Waals surface area contributed by atoms with E-state index in [1.54, 1.807) is 0 Å². The fraction of sp³-hybridized carbons (Fsp3) is 0.700. The van der Waals surface area contributed by atoms with Crippen LogP contribution >= 0.6 is 0 Å². The summed E-state index contributed by atoms with van der Waals surface area (Å²) in [6.45, 7) is 13.4. The summed E-state index contributed by atoms with van der Waals surface area (Å²) >= 11 is 0. The molecule has 0 spiro atoms. The highest BCUT2D eigenvalue weighted by atomic mass is 15.3. The number of piperidine rings is 1. The van der Waals surface area contributed by atoms with Crippen LogP contribution in [-0.4, -0.2) is 101 Å². The molecular formula is C30H48N6. The van der Waals surface area contributed by atoms with Crippen LogP contribution in [0.25, 0.3) is 0 Å². The van der Waals surface area contributed by atoms with Gasteiger partial charge in [0.15, 0.2) is 0 Å². The van der Waals surface area contributed by atoms with Crippen LogP contribution in [0.1, 0.15) is 63.0 Å². The molecule has 3 aliphatic heterocycles. The summed E-state index contributed by atoms with van der Waals surface area (Å²) in [6.07, 6.45) is 16.7. The summed E-state index contributed by atoms with van der Waals surface area (Å²) in [4.78, 5) is 15.3. The molecule has 3 fully saturated rings. The first-order valence-corrected chi connectivity index (χ1v) is 14.8. The number of hydrogen-bond donors (Lipinski definition) is 0.